The van der Waals surface area contributed by atoms with Crippen molar-refractivity contribution in [1.82, 2.24) is 0 Å². The van der Waals surface area contributed by atoms with Crippen LogP contribution in [0.5, 0.6) is 11.5 Å². The predicted octanol–water partition coefficient (Wildman–Crippen LogP) is 3.35. The third-order valence-electron chi connectivity index (χ3n) is 2.39. The van der Waals surface area contributed by atoms with Crippen LogP contribution in [0.15, 0.2) is 48.5 Å². The first-order valence-corrected chi connectivity index (χ1v) is 5.89. The van der Waals surface area contributed by atoms with Gasteiger partial charge in [-0.05, 0) is 29.8 Å². The smallest absolute Gasteiger partial charge is 0.347 e. The normalized spacial score (nSPS) is 10.1. The van der Waals surface area contributed by atoms with Crippen LogP contribution in [-0.2, 0) is 5.88 Å². The molecule has 0 aliphatic rings. The average Bonchev–Trinajstić information content (AvgIpc) is 2.39. The Labute approximate surface area is 110 Å². The fourth-order valence-electron chi connectivity index (χ4n) is 1.48. The monoisotopic (exact) mass is 262 g/mol. The molecular formula is C14H11ClO3. The molecule has 0 aliphatic heterocycles. The van der Waals surface area contributed by atoms with Gasteiger partial charge in [0.1, 0.15) is 17.1 Å². The number of para-hydroxylation sites is 1. The molecule has 0 radical (unpaired) electrons. The highest BCUT2D eigenvalue weighted by Crippen LogP contribution is 2.22. The largest absolute Gasteiger partial charge is 0.507 e. The number of hydrogen-bond donors (Lipinski definition) is 1. The number of aromatic hydroxyl groups is 1. The highest BCUT2D eigenvalue weighted by Gasteiger charge is 2.13. The van der Waals surface area contributed by atoms with Crippen LogP contribution in [0.4, 0.5) is 0 Å². The number of carbonyl (C=O) groups is 1. The van der Waals surface area contributed by atoms with E-state index >= 15 is 0 Å². The van der Waals surface area contributed by atoms with E-state index in [-0.39, 0.29) is 17.2 Å². The molecule has 4 heteroatoms. The SMILES string of the molecule is O=C(Oc1ccccc1)c1ccc(CCl)cc1O. The topological polar surface area (TPSA) is 46.5 Å². The number of carbonyl (C=O) groups excluding carboxylic acids is 1. The minimum atomic E-state index is -0.597. The molecule has 0 saturated heterocycles. The summed E-state index contributed by atoms with van der Waals surface area (Å²) in [5.74, 6) is -0.0149. The van der Waals surface area contributed by atoms with Crippen molar-refractivity contribution in [2.24, 2.45) is 0 Å². The molecule has 2 rings (SSSR count). The Kier molecular flexibility index (Phi) is 3.85. The van der Waals surface area contributed by atoms with E-state index in [1.807, 2.05) is 6.07 Å². The summed E-state index contributed by atoms with van der Waals surface area (Å²) >= 11 is 5.63. The lowest BCUT2D eigenvalue weighted by Gasteiger charge is -2.06. The number of hydrogen-bond acceptors (Lipinski definition) is 3. The number of ether oxygens (including phenoxy) is 1. The van der Waals surface area contributed by atoms with Crippen LogP contribution < -0.4 is 4.74 Å². The summed E-state index contributed by atoms with van der Waals surface area (Å²) in [4.78, 5) is 11.8. The zero-order valence-electron chi connectivity index (χ0n) is 9.47. The fraction of sp³-hybridized carbons (Fsp3) is 0.0714. The van der Waals surface area contributed by atoms with E-state index in [1.165, 1.54) is 12.1 Å². The maximum Gasteiger partial charge on any atom is 0.347 e. The van der Waals surface area contributed by atoms with Crippen molar-refractivity contribution in [2.45, 2.75) is 5.88 Å². The average molecular weight is 263 g/mol. The third kappa shape index (κ3) is 2.81. The number of benzene rings is 2. The minimum Gasteiger partial charge on any atom is -0.507 e. The van der Waals surface area contributed by atoms with E-state index in [4.69, 9.17) is 16.3 Å². The Hall–Kier alpha value is -2.00. The number of esters is 1. The van der Waals surface area contributed by atoms with Crippen molar-refractivity contribution < 1.29 is 14.6 Å². The molecule has 2 aromatic rings. The molecule has 18 heavy (non-hydrogen) atoms. The highest BCUT2D eigenvalue weighted by molar-refractivity contribution is 6.17. The van der Waals surface area contributed by atoms with E-state index in [2.05, 4.69) is 0 Å². The van der Waals surface area contributed by atoms with Gasteiger partial charge in [-0.2, -0.15) is 0 Å². The molecule has 0 atom stereocenters. The second-order valence-corrected chi connectivity index (χ2v) is 3.95. The second-order valence-electron chi connectivity index (χ2n) is 3.69. The van der Waals surface area contributed by atoms with Crippen LogP contribution in [0, 0.1) is 0 Å². The van der Waals surface area contributed by atoms with Crippen LogP contribution in [0.2, 0.25) is 0 Å². The first kappa shape index (κ1) is 12.5. The molecule has 0 heterocycles. The Morgan fingerprint density at radius 1 is 1.17 bits per heavy atom. The van der Waals surface area contributed by atoms with Gasteiger partial charge in [0.25, 0.3) is 0 Å². The molecule has 0 aromatic heterocycles. The van der Waals surface area contributed by atoms with Crippen LogP contribution in [0.25, 0.3) is 0 Å². The quantitative estimate of drug-likeness (QED) is 0.524. The molecule has 0 unspecified atom stereocenters. The van der Waals surface area contributed by atoms with Gasteiger partial charge in [0, 0.05) is 5.88 Å². The van der Waals surface area contributed by atoms with Gasteiger partial charge >= 0.3 is 5.97 Å². The van der Waals surface area contributed by atoms with Gasteiger partial charge < -0.3 is 9.84 Å². The lowest BCUT2D eigenvalue weighted by Crippen LogP contribution is -2.08. The standard InChI is InChI=1S/C14H11ClO3/c15-9-10-6-7-12(13(16)8-10)14(17)18-11-4-2-1-3-5-11/h1-8,16H,9H2. The fourth-order valence-corrected chi connectivity index (χ4v) is 1.65. The van der Waals surface area contributed by atoms with Gasteiger partial charge in [-0.15, -0.1) is 11.6 Å². The molecule has 92 valence electrons. The predicted molar refractivity (Wildman–Crippen MR) is 69.1 cm³/mol. The summed E-state index contributed by atoms with van der Waals surface area (Å²) < 4.78 is 5.12. The van der Waals surface area contributed by atoms with Crippen molar-refractivity contribution >= 4 is 17.6 Å². The molecule has 0 fully saturated rings. The molecule has 1 N–H and O–H groups in total. The first-order valence-electron chi connectivity index (χ1n) is 5.36. The van der Waals surface area contributed by atoms with E-state index in [0.29, 0.717) is 5.75 Å². The molecule has 0 saturated carbocycles. The summed E-state index contributed by atoms with van der Waals surface area (Å²) in [6, 6.07) is 13.3. The molecular weight excluding hydrogens is 252 g/mol. The zero-order valence-corrected chi connectivity index (χ0v) is 10.2. The van der Waals surface area contributed by atoms with Crippen LogP contribution in [0.1, 0.15) is 15.9 Å². The van der Waals surface area contributed by atoms with E-state index in [1.54, 1.807) is 30.3 Å². The van der Waals surface area contributed by atoms with Crippen molar-refractivity contribution in [3.63, 3.8) is 0 Å². The molecule has 0 amide bonds. The first-order chi connectivity index (χ1) is 8.70. The van der Waals surface area contributed by atoms with Crippen LogP contribution >= 0.6 is 11.6 Å². The summed E-state index contributed by atoms with van der Waals surface area (Å²) in [6.45, 7) is 0. The number of phenolic OH excluding ortho intramolecular Hbond substituents is 1. The van der Waals surface area contributed by atoms with Crippen molar-refractivity contribution in [2.75, 3.05) is 0 Å². The summed E-state index contributed by atoms with van der Waals surface area (Å²) in [7, 11) is 0. The maximum absolute atomic E-state index is 11.8. The summed E-state index contributed by atoms with van der Waals surface area (Å²) in [5.41, 5.74) is 0.859. The molecule has 0 spiro atoms. The molecule has 0 aliphatic carbocycles. The Morgan fingerprint density at radius 2 is 1.89 bits per heavy atom. The maximum atomic E-state index is 11.8. The molecule has 0 bridgehead atoms. The van der Waals surface area contributed by atoms with Gasteiger partial charge in [-0.1, -0.05) is 24.3 Å². The molecule has 2 aromatic carbocycles. The van der Waals surface area contributed by atoms with Gasteiger partial charge in [0.15, 0.2) is 0 Å². The van der Waals surface area contributed by atoms with E-state index in [9.17, 15) is 9.90 Å². The second kappa shape index (κ2) is 5.56. The minimum absolute atomic E-state index is 0.118. The van der Waals surface area contributed by atoms with Crippen LogP contribution in [-0.4, -0.2) is 11.1 Å². The highest BCUT2D eigenvalue weighted by atomic mass is 35.5. The lowest BCUT2D eigenvalue weighted by molar-refractivity contribution is 0.0731. The van der Waals surface area contributed by atoms with Crippen molar-refractivity contribution in [3.05, 3.63) is 59.7 Å². The lowest BCUT2D eigenvalue weighted by atomic mass is 10.1. The molecule has 3 nitrogen and oxygen atoms in total. The van der Waals surface area contributed by atoms with Crippen LogP contribution in [0.3, 0.4) is 0 Å². The Balaban J connectivity index is 2.19. The van der Waals surface area contributed by atoms with E-state index < -0.39 is 5.97 Å². The Bertz CT molecular complexity index is 552. The third-order valence-corrected chi connectivity index (χ3v) is 2.70. The summed E-state index contributed by atoms with van der Waals surface area (Å²) in [6.07, 6.45) is 0. The number of alkyl halides is 1. The van der Waals surface area contributed by atoms with Gasteiger partial charge in [-0.3, -0.25) is 0 Å². The van der Waals surface area contributed by atoms with E-state index in [0.717, 1.165) is 5.56 Å². The number of halogens is 1. The van der Waals surface area contributed by atoms with Gasteiger partial charge in [0.05, 0.1) is 0 Å². The summed E-state index contributed by atoms with van der Waals surface area (Å²) in [5, 5.41) is 9.71. The van der Waals surface area contributed by atoms with Gasteiger partial charge in [0.2, 0.25) is 0 Å². The van der Waals surface area contributed by atoms with Crippen molar-refractivity contribution in [1.29, 1.82) is 0 Å². The van der Waals surface area contributed by atoms with Crippen molar-refractivity contribution in [3.8, 4) is 11.5 Å². The number of rotatable bonds is 3. The number of phenols is 1. The Morgan fingerprint density at radius 3 is 2.50 bits per heavy atom. The van der Waals surface area contributed by atoms with Gasteiger partial charge in [-0.25, -0.2) is 4.79 Å². The zero-order chi connectivity index (χ0) is 13.0.